The van der Waals surface area contributed by atoms with E-state index in [0.717, 1.165) is 73.7 Å². The molecule has 1 spiro atoms. The minimum atomic E-state index is -1.15. The van der Waals surface area contributed by atoms with Gasteiger partial charge >= 0.3 is 5.97 Å². The third kappa shape index (κ3) is 24.9. The molecule has 5 atom stereocenters. The van der Waals surface area contributed by atoms with Crippen LogP contribution in [-0.2, 0) is 52.6 Å². The van der Waals surface area contributed by atoms with E-state index >= 15 is 0 Å². The van der Waals surface area contributed by atoms with Crippen LogP contribution in [0.4, 0.5) is 22.7 Å². The largest absolute Gasteiger partial charge is 0.480 e. The first kappa shape index (κ1) is 106. The van der Waals surface area contributed by atoms with Crippen LogP contribution in [0.5, 0.6) is 46.0 Å². The van der Waals surface area contributed by atoms with E-state index in [2.05, 4.69) is 45.6 Å². The summed E-state index contributed by atoms with van der Waals surface area (Å²) >= 11 is 0. The molecule has 8 aliphatic rings. The number of aliphatic carboxylic acids is 1. The van der Waals surface area contributed by atoms with Crippen molar-refractivity contribution in [3.63, 3.8) is 0 Å². The summed E-state index contributed by atoms with van der Waals surface area (Å²) in [5, 5.41) is 24.5. The number of nitrogens with one attached hydrogen (secondary N) is 5. The van der Waals surface area contributed by atoms with Crippen LogP contribution < -0.4 is 45.5 Å². The van der Waals surface area contributed by atoms with Gasteiger partial charge in [0.2, 0.25) is 41.4 Å². The van der Waals surface area contributed by atoms with Gasteiger partial charge in [0.1, 0.15) is 102 Å². The highest BCUT2D eigenvalue weighted by Gasteiger charge is 2.48. The summed E-state index contributed by atoms with van der Waals surface area (Å²) < 4.78 is 36.1. The summed E-state index contributed by atoms with van der Waals surface area (Å²) in [5.41, 5.74) is 11.6. The summed E-state index contributed by atoms with van der Waals surface area (Å²) in [6.07, 6.45) is 3.44. The van der Waals surface area contributed by atoms with Gasteiger partial charge in [0.05, 0.1) is 58.2 Å². The van der Waals surface area contributed by atoms with Crippen molar-refractivity contribution in [2.24, 2.45) is 23.7 Å². The molecule has 32 heteroatoms. The molecule has 0 bridgehead atoms. The first-order valence-electron chi connectivity index (χ1n) is 49.8. The van der Waals surface area contributed by atoms with E-state index in [1.165, 1.54) is 20.3 Å². The number of ketones is 1. The first-order chi connectivity index (χ1) is 69.1. The number of Topliss-reactive ketones (excluding diaryl/α,β-unsaturated/α-hetero) is 1. The number of piperidine rings is 3. The third-order valence-electron chi connectivity index (χ3n) is 27.6. The Morgan fingerprint density at radius 2 is 0.621 bits per heavy atom. The molecule has 0 radical (unpaired) electrons. The van der Waals surface area contributed by atoms with Gasteiger partial charge in [0.15, 0.2) is 5.79 Å². The summed E-state index contributed by atoms with van der Waals surface area (Å²) in [6, 6.07) is 50.8. The molecule has 32 nitrogen and oxygen atoms in total. The lowest BCUT2D eigenvalue weighted by molar-refractivity contribution is -0.188. The number of hydrogen-bond donors (Lipinski definition) is 6. The number of nitrogens with zero attached hydrogens (tertiary/aromatic N) is 7. The summed E-state index contributed by atoms with van der Waals surface area (Å²) in [6.45, 7) is 35.5. The van der Waals surface area contributed by atoms with Crippen molar-refractivity contribution in [1.29, 1.82) is 0 Å². The Morgan fingerprint density at radius 3 is 0.897 bits per heavy atom. The number of carboxylic acids is 1. The van der Waals surface area contributed by atoms with Crippen LogP contribution >= 0.6 is 0 Å². The van der Waals surface area contributed by atoms with E-state index in [9.17, 15) is 67.4 Å². The Balaban J connectivity index is 0.000000154. The van der Waals surface area contributed by atoms with Gasteiger partial charge in [-0.1, -0.05) is 159 Å². The van der Waals surface area contributed by atoms with Crippen molar-refractivity contribution in [3.05, 3.63) is 248 Å². The highest BCUT2D eigenvalue weighted by atomic mass is 16.7. The fourth-order valence-electron chi connectivity index (χ4n) is 19.9. The molecule has 4 fully saturated rings. The highest BCUT2D eigenvalue weighted by molar-refractivity contribution is 6.14. The van der Waals surface area contributed by atoms with Gasteiger partial charge in [-0.25, -0.2) is 4.79 Å². The maximum atomic E-state index is 14.1. The zero-order valence-corrected chi connectivity index (χ0v) is 85.6. The first-order valence-corrected chi connectivity index (χ1v) is 49.8. The number of carboxylic acid groups (broad SMARTS) is 1. The number of para-hydroxylation sites is 4. The Labute approximate surface area is 846 Å². The number of amides is 11. The molecule has 11 amide bonds. The number of hydrogen-bond acceptors (Lipinski definition) is 20. The minimum Gasteiger partial charge on any atom is -0.480 e. The summed E-state index contributed by atoms with van der Waals surface area (Å²) in [7, 11) is 0. The van der Waals surface area contributed by atoms with Crippen LogP contribution in [0.1, 0.15) is 198 Å². The van der Waals surface area contributed by atoms with E-state index in [1.807, 2.05) is 193 Å². The zero-order valence-electron chi connectivity index (χ0n) is 85.6. The number of carbonyl (C=O) groups excluding carboxylic acids is 12. The predicted octanol–water partition coefficient (Wildman–Crippen LogP) is 17.0. The number of aryl methyl sites for hydroxylation is 8. The lowest BCUT2D eigenvalue weighted by Crippen LogP contribution is -2.57. The average Bonchev–Trinajstić information content (AvgIpc) is 1.72. The Kier molecular flexibility index (Phi) is 34.0. The molecular weight excluding hydrogens is 1850 g/mol. The molecule has 764 valence electrons. The van der Waals surface area contributed by atoms with Crippen LogP contribution in [0.2, 0.25) is 0 Å². The van der Waals surface area contributed by atoms with Gasteiger partial charge < -0.3 is 94.4 Å². The molecule has 4 saturated heterocycles. The van der Waals surface area contributed by atoms with E-state index in [4.69, 9.17) is 28.4 Å². The fourth-order valence-corrected chi connectivity index (χ4v) is 19.9. The molecule has 0 aromatic heterocycles. The van der Waals surface area contributed by atoms with Crippen LogP contribution in [0.3, 0.4) is 0 Å². The van der Waals surface area contributed by atoms with Crippen LogP contribution in [0, 0.1) is 79.1 Å². The maximum absolute atomic E-state index is 14.1. The summed E-state index contributed by atoms with van der Waals surface area (Å²) in [4.78, 5) is 181. The second-order valence-electron chi connectivity index (χ2n) is 39.8. The Morgan fingerprint density at radius 1 is 0.352 bits per heavy atom. The SMILES string of the molecule is Cc1cccc(C)c1Oc1ccc2c(c1)C(=O)N([C@@H](C(=O)N1CCC(=O)CC1)C(C)C)CC(=O)N2.Cc1cccc(C)c1Oc1ccc2c(c1)C(=O)N([C@@H](C(=O)N1CCC(N[C@H](C)c3ccccc3)CC1)C(C)C)CC(=O)N2.Cc1cccc(C)c1Oc1ccc2c(c1)C(=O)N([C@@H](C(=O)N1CCC3(CC1)OCCO3)C(C)C)CC(=O)N2.Cc1cccc(C)c1Oc1ccc2c(c1)C(=O)N([C@@H](C(=O)O)C(C)C)CC(=O)N2. The average molecular weight is 1980 g/mol. The highest BCUT2D eigenvalue weighted by Crippen LogP contribution is 2.42. The smallest absolute Gasteiger partial charge is 0.326 e. The monoisotopic (exact) mass is 1980 g/mol. The molecular formula is C113H132N12O20. The number of fused-ring (bicyclic) bond motifs is 4. The second kappa shape index (κ2) is 46.4. The number of benzene rings is 9. The fraction of sp³-hybridized carbons (Fsp3) is 0.407. The molecule has 145 heavy (non-hydrogen) atoms. The van der Waals surface area contributed by atoms with Crippen LogP contribution in [0.25, 0.3) is 0 Å². The van der Waals surface area contributed by atoms with E-state index < -0.39 is 53.6 Å². The van der Waals surface area contributed by atoms with Gasteiger partial charge in [-0.05, 0) is 222 Å². The molecule has 6 N–H and O–H groups in total. The Hall–Kier alpha value is -14.6. The molecule has 0 unspecified atom stereocenters. The lowest BCUT2D eigenvalue weighted by atomic mass is 9.96. The molecule has 0 saturated carbocycles. The van der Waals surface area contributed by atoms with Crippen LogP contribution in [0.15, 0.2) is 176 Å². The van der Waals surface area contributed by atoms with Crippen molar-refractivity contribution >= 4 is 99.5 Å². The molecule has 8 heterocycles. The number of anilines is 4. The second-order valence-corrected chi connectivity index (χ2v) is 39.8. The normalized spacial score (nSPS) is 17.4. The van der Waals surface area contributed by atoms with Crippen molar-refractivity contribution < 1.29 is 95.9 Å². The Bertz CT molecular complexity index is 6320. The van der Waals surface area contributed by atoms with E-state index in [0.29, 0.717) is 153 Å². The summed E-state index contributed by atoms with van der Waals surface area (Å²) in [5.74, 6) is -1.53. The lowest BCUT2D eigenvalue weighted by Gasteiger charge is -2.41. The predicted molar refractivity (Wildman–Crippen MR) is 549 cm³/mol. The van der Waals surface area contributed by atoms with Gasteiger partial charge in [0, 0.05) is 77.0 Å². The van der Waals surface area contributed by atoms with Gasteiger partial charge in [-0.15, -0.1) is 0 Å². The van der Waals surface area contributed by atoms with Crippen molar-refractivity contribution in [2.75, 3.05) is 99.9 Å². The topological polar surface area (TPSA) is 380 Å². The van der Waals surface area contributed by atoms with Gasteiger partial charge in [0.25, 0.3) is 23.6 Å². The van der Waals surface area contributed by atoms with E-state index in [1.54, 1.807) is 96.4 Å². The molecule has 9 aromatic rings. The number of rotatable bonds is 23. The quantitative estimate of drug-likeness (QED) is 0.0346. The van der Waals surface area contributed by atoms with Gasteiger partial charge in [-0.3, -0.25) is 57.5 Å². The molecule has 9 aromatic carbocycles. The standard InChI is InChI=1S/C35H42N4O4.C29H35N3O6.C27H31N3O5.C22H24N2O5/c1-22(2)32(35(42)38-18-16-27(17-19-38)36-25(5)26-12-7-6-8-13-26)39-21-31(40)37-30-15-14-28(20-29(30)34(39)41)43-33-23(3)10-9-11-24(33)4;1-18(2)25(28(35)31-12-10-29(11-13-31)36-14-15-37-29)32-17-24(33)30-23-9-8-21(16-22(23)27(32)34)38-26-19(3)6-5-7-20(26)4;1-16(2)24(27(34)29-12-10-19(31)11-13-29)30-15-23(32)28-22-9-8-20(14-21(22)26(30)33)35-25-17(3)6-5-7-18(25)4;1-12(2)19(22(27)28)24-11-18(25)23-17-9-8-15(10-16(17)21(24)26)29-20-13(3)6-5-7-14(20)4/h6-15,20,22,25,27,32,36H,16-19,21H2,1-5H3,(H,37,40);5-9,16,18,25H,10-15,17H2,1-4H3,(H,30,33);5-9,14,16,24H,10-13,15H2,1-4H3,(H,28,32);5-10,12,19H,11H2,1-4H3,(H,23,25)(H,27,28)/t25-,32-;25-;24-;19-/m1111/s1. The van der Waals surface area contributed by atoms with Crippen LogP contribution in [-0.4, -0.2) is 231 Å². The molecule has 17 rings (SSSR count). The molecule has 8 aliphatic heterocycles. The number of ether oxygens (including phenoxy) is 6. The minimum absolute atomic E-state index is 0.114. The van der Waals surface area contributed by atoms with Crippen molar-refractivity contribution in [3.8, 4) is 46.0 Å². The van der Waals surface area contributed by atoms with E-state index in [-0.39, 0.29) is 120 Å². The molecule has 0 aliphatic carbocycles. The third-order valence-corrected chi connectivity index (χ3v) is 27.6. The number of carbonyl (C=O) groups is 13. The van der Waals surface area contributed by atoms with Crippen molar-refractivity contribution in [1.82, 2.24) is 39.6 Å². The van der Waals surface area contributed by atoms with Gasteiger partial charge in [-0.2, -0.15) is 0 Å². The number of likely N-dealkylation sites (tertiary alicyclic amines) is 3. The zero-order chi connectivity index (χ0) is 104. The van der Waals surface area contributed by atoms with Crippen molar-refractivity contribution in [2.45, 2.75) is 198 Å². The maximum Gasteiger partial charge on any atom is 0.326 e.